The molecule has 0 amide bonds. The maximum atomic E-state index is 3.81. The molecule has 1 saturated heterocycles. The van der Waals surface area contributed by atoms with Gasteiger partial charge in [-0.3, -0.25) is 10.6 Å². The standard InChI is InChI=1S/C6H12N2/c1-5(2)6-7-3-4-8-6/h6-8H,1,3-4H2,2H3. The molecule has 0 aromatic heterocycles. The molecule has 8 heavy (non-hydrogen) atoms. The number of rotatable bonds is 1. The van der Waals surface area contributed by atoms with Gasteiger partial charge in [-0.05, 0) is 12.5 Å². The Kier molecular flexibility index (Phi) is 1.65. The Hall–Kier alpha value is -0.340. The predicted molar refractivity (Wildman–Crippen MR) is 34.6 cm³/mol. The number of hydrogen-bond acceptors (Lipinski definition) is 2. The topological polar surface area (TPSA) is 24.1 Å². The molecule has 1 fully saturated rings. The Labute approximate surface area is 50.0 Å². The van der Waals surface area contributed by atoms with E-state index in [4.69, 9.17) is 0 Å². The first-order chi connectivity index (χ1) is 3.80. The summed E-state index contributed by atoms with van der Waals surface area (Å²) in [5.41, 5.74) is 1.17. The van der Waals surface area contributed by atoms with Crippen LogP contribution in [0, 0.1) is 0 Å². The Morgan fingerprint density at radius 1 is 1.50 bits per heavy atom. The molecular weight excluding hydrogens is 100 g/mol. The Balaban J connectivity index is 2.35. The van der Waals surface area contributed by atoms with Gasteiger partial charge < -0.3 is 0 Å². The minimum atomic E-state index is 0.370. The van der Waals surface area contributed by atoms with Gasteiger partial charge >= 0.3 is 0 Å². The van der Waals surface area contributed by atoms with E-state index in [1.165, 1.54) is 5.57 Å². The van der Waals surface area contributed by atoms with Gasteiger partial charge in [0.05, 0.1) is 6.17 Å². The fourth-order valence-corrected chi connectivity index (χ4v) is 0.854. The maximum absolute atomic E-state index is 3.81. The first kappa shape index (κ1) is 5.79. The van der Waals surface area contributed by atoms with Gasteiger partial charge in [0.25, 0.3) is 0 Å². The van der Waals surface area contributed by atoms with Crippen molar-refractivity contribution < 1.29 is 0 Å². The van der Waals surface area contributed by atoms with Crippen LogP contribution in [0.5, 0.6) is 0 Å². The summed E-state index contributed by atoms with van der Waals surface area (Å²) in [5, 5.41) is 6.49. The van der Waals surface area contributed by atoms with E-state index in [-0.39, 0.29) is 0 Å². The first-order valence-electron chi connectivity index (χ1n) is 2.93. The van der Waals surface area contributed by atoms with Gasteiger partial charge in [0.15, 0.2) is 0 Å². The summed E-state index contributed by atoms with van der Waals surface area (Å²) in [6, 6.07) is 0. The molecule has 2 nitrogen and oxygen atoms in total. The molecule has 0 spiro atoms. The van der Waals surface area contributed by atoms with E-state index in [0.29, 0.717) is 6.17 Å². The van der Waals surface area contributed by atoms with Gasteiger partial charge in [0, 0.05) is 13.1 Å². The first-order valence-corrected chi connectivity index (χ1v) is 2.93. The smallest absolute Gasteiger partial charge is 0.0789 e. The molecule has 2 heteroatoms. The van der Waals surface area contributed by atoms with Crippen LogP contribution in [-0.2, 0) is 0 Å². The molecule has 1 aliphatic rings. The zero-order valence-electron chi connectivity index (χ0n) is 5.20. The van der Waals surface area contributed by atoms with Crippen LogP contribution in [-0.4, -0.2) is 19.3 Å². The third-order valence-electron chi connectivity index (χ3n) is 1.31. The highest BCUT2D eigenvalue weighted by Crippen LogP contribution is 1.95. The minimum absolute atomic E-state index is 0.370. The van der Waals surface area contributed by atoms with Crippen LogP contribution in [0.15, 0.2) is 12.2 Å². The summed E-state index contributed by atoms with van der Waals surface area (Å²) in [6.45, 7) is 7.97. The Morgan fingerprint density at radius 3 is 2.25 bits per heavy atom. The van der Waals surface area contributed by atoms with E-state index in [1.54, 1.807) is 0 Å². The SMILES string of the molecule is C=C(C)C1NCCN1. The number of nitrogens with one attached hydrogen (secondary N) is 2. The lowest BCUT2D eigenvalue weighted by atomic mass is 10.3. The van der Waals surface area contributed by atoms with Gasteiger partial charge in [0.1, 0.15) is 0 Å². The molecule has 0 aromatic rings. The van der Waals surface area contributed by atoms with Crippen LogP contribution in [0.1, 0.15) is 6.92 Å². The van der Waals surface area contributed by atoms with Crippen LogP contribution in [0.25, 0.3) is 0 Å². The van der Waals surface area contributed by atoms with Gasteiger partial charge in [-0.25, -0.2) is 0 Å². The van der Waals surface area contributed by atoms with Crippen molar-refractivity contribution in [2.45, 2.75) is 13.1 Å². The van der Waals surface area contributed by atoms with E-state index in [0.717, 1.165) is 13.1 Å². The van der Waals surface area contributed by atoms with Crippen LogP contribution in [0.3, 0.4) is 0 Å². The molecule has 2 N–H and O–H groups in total. The van der Waals surface area contributed by atoms with Gasteiger partial charge in [-0.15, -0.1) is 0 Å². The quantitative estimate of drug-likeness (QED) is 0.469. The summed E-state index contributed by atoms with van der Waals surface area (Å²) in [5.74, 6) is 0. The molecule has 0 aromatic carbocycles. The lowest BCUT2D eigenvalue weighted by molar-refractivity contribution is 0.633. The summed E-state index contributed by atoms with van der Waals surface area (Å²) >= 11 is 0. The molecule has 0 aliphatic carbocycles. The van der Waals surface area contributed by atoms with Crippen LogP contribution < -0.4 is 10.6 Å². The summed E-state index contributed by atoms with van der Waals surface area (Å²) in [4.78, 5) is 0. The highest BCUT2D eigenvalue weighted by molar-refractivity contribution is 5.02. The second kappa shape index (κ2) is 2.29. The molecule has 1 rings (SSSR count). The van der Waals surface area contributed by atoms with Crippen molar-refractivity contribution in [1.82, 2.24) is 10.6 Å². The monoisotopic (exact) mass is 112 g/mol. The average molecular weight is 112 g/mol. The molecule has 0 radical (unpaired) electrons. The largest absolute Gasteiger partial charge is 0.297 e. The Bertz CT molecular complexity index is 92.7. The highest BCUT2D eigenvalue weighted by Gasteiger charge is 2.11. The second-order valence-electron chi connectivity index (χ2n) is 2.19. The molecule has 0 unspecified atom stereocenters. The fraction of sp³-hybridized carbons (Fsp3) is 0.667. The lowest BCUT2D eigenvalue weighted by Crippen LogP contribution is -2.31. The van der Waals surface area contributed by atoms with Gasteiger partial charge in [0.2, 0.25) is 0 Å². The van der Waals surface area contributed by atoms with E-state index >= 15 is 0 Å². The van der Waals surface area contributed by atoms with Crippen molar-refractivity contribution in [3.63, 3.8) is 0 Å². The maximum Gasteiger partial charge on any atom is 0.0789 e. The van der Waals surface area contributed by atoms with E-state index in [9.17, 15) is 0 Å². The zero-order chi connectivity index (χ0) is 5.98. The molecule has 46 valence electrons. The van der Waals surface area contributed by atoms with E-state index in [2.05, 4.69) is 17.2 Å². The third-order valence-corrected chi connectivity index (χ3v) is 1.31. The summed E-state index contributed by atoms with van der Waals surface area (Å²) in [7, 11) is 0. The van der Waals surface area contributed by atoms with Crippen LogP contribution in [0.4, 0.5) is 0 Å². The second-order valence-corrected chi connectivity index (χ2v) is 2.19. The highest BCUT2D eigenvalue weighted by atomic mass is 15.2. The lowest BCUT2D eigenvalue weighted by Gasteiger charge is -2.07. The van der Waals surface area contributed by atoms with Crippen molar-refractivity contribution in [3.8, 4) is 0 Å². The van der Waals surface area contributed by atoms with E-state index in [1.807, 2.05) is 6.92 Å². The fourth-order valence-electron chi connectivity index (χ4n) is 0.854. The van der Waals surface area contributed by atoms with Crippen LogP contribution in [0.2, 0.25) is 0 Å². The molecule has 1 heterocycles. The minimum Gasteiger partial charge on any atom is -0.297 e. The normalized spacial score (nSPS) is 21.6. The summed E-state index contributed by atoms with van der Waals surface area (Å²) in [6.07, 6.45) is 0.370. The Morgan fingerprint density at radius 2 is 2.00 bits per heavy atom. The zero-order valence-corrected chi connectivity index (χ0v) is 5.20. The van der Waals surface area contributed by atoms with Crippen molar-refractivity contribution in [1.29, 1.82) is 0 Å². The van der Waals surface area contributed by atoms with Gasteiger partial charge in [-0.1, -0.05) is 6.58 Å². The number of hydrogen-bond donors (Lipinski definition) is 2. The molecule has 0 bridgehead atoms. The molecular formula is C6H12N2. The molecule has 0 saturated carbocycles. The van der Waals surface area contributed by atoms with Crippen molar-refractivity contribution >= 4 is 0 Å². The van der Waals surface area contributed by atoms with E-state index < -0.39 is 0 Å². The van der Waals surface area contributed by atoms with Gasteiger partial charge in [-0.2, -0.15) is 0 Å². The average Bonchev–Trinajstić information content (AvgIpc) is 2.12. The van der Waals surface area contributed by atoms with Crippen LogP contribution >= 0.6 is 0 Å². The van der Waals surface area contributed by atoms with Crippen molar-refractivity contribution in [2.24, 2.45) is 0 Å². The predicted octanol–water partition coefficient (Wildman–Crippen LogP) is 0.0814. The molecule has 1 aliphatic heterocycles. The molecule has 0 atom stereocenters. The van der Waals surface area contributed by atoms with Crippen molar-refractivity contribution in [3.05, 3.63) is 12.2 Å². The van der Waals surface area contributed by atoms with Crippen molar-refractivity contribution in [2.75, 3.05) is 13.1 Å². The third kappa shape index (κ3) is 1.08. The summed E-state index contributed by atoms with van der Waals surface area (Å²) < 4.78 is 0.